The summed E-state index contributed by atoms with van der Waals surface area (Å²) in [4.78, 5) is 11.0. The van der Waals surface area contributed by atoms with E-state index in [-0.39, 0.29) is 5.56 Å². The highest BCUT2D eigenvalue weighted by atomic mass is 35.6. The van der Waals surface area contributed by atoms with Gasteiger partial charge in [0, 0.05) is 5.56 Å². The largest absolute Gasteiger partial charge is 0.478 e. The van der Waals surface area contributed by atoms with Gasteiger partial charge in [-0.05, 0) is 18.1 Å². The molecule has 0 saturated carbocycles. The molecule has 0 unspecified atom stereocenters. The van der Waals surface area contributed by atoms with Crippen LogP contribution < -0.4 is 0 Å². The zero-order valence-electron chi connectivity index (χ0n) is 8.21. The molecule has 0 aliphatic carbocycles. The average Bonchev–Trinajstić information content (AvgIpc) is 2.16. The average molecular weight is 280 g/mol. The van der Waals surface area contributed by atoms with Crippen molar-refractivity contribution < 1.29 is 9.90 Å². The standard InChI is InChI=1S/C11H9Cl3O2/c1-2-4-7-8(10(15)16)5-3-6-9(7)11(12,13)14/h2-3,5-6H,1,4H2,(H,15,16). The van der Waals surface area contributed by atoms with E-state index in [0.29, 0.717) is 17.5 Å². The topological polar surface area (TPSA) is 37.3 Å². The Balaban J connectivity index is 3.44. The summed E-state index contributed by atoms with van der Waals surface area (Å²) < 4.78 is -1.64. The summed E-state index contributed by atoms with van der Waals surface area (Å²) in [6.45, 7) is 3.56. The van der Waals surface area contributed by atoms with Gasteiger partial charge in [0.25, 0.3) is 0 Å². The van der Waals surface area contributed by atoms with Crippen LogP contribution in [0.2, 0.25) is 0 Å². The molecule has 5 heteroatoms. The molecule has 0 saturated heterocycles. The number of carboxylic acid groups (broad SMARTS) is 1. The minimum atomic E-state index is -1.64. The molecule has 0 spiro atoms. The van der Waals surface area contributed by atoms with Gasteiger partial charge in [0.15, 0.2) is 0 Å². The predicted molar refractivity (Wildman–Crippen MR) is 66.5 cm³/mol. The number of rotatable bonds is 3. The summed E-state index contributed by atoms with van der Waals surface area (Å²) in [5.74, 6) is -1.05. The number of aromatic carboxylic acids is 1. The van der Waals surface area contributed by atoms with Crippen LogP contribution >= 0.6 is 34.8 Å². The van der Waals surface area contributed by atoms with E-state index in [2.05, 4.69) is 6.58 Å². The first-order valence-corrected chi connectivity index (χ1v) is 5.54. The van der Waals surface area contributed by atoms with Crippen molar-refractivity contribution in [3.63, 3.8) is 0 Å². The predicted octanol–water partition coefficient (Wildman–Crippen LogP) is 3.94. The number of alkyl halides is 3. The fraction of sp³-hybridized carbons (Fsp3) is 0.182. The fourth-order valence-electron chi connectivity index (χ4n) is 1.42. The molecule has 0 fully saturated rings. The van der Waals surface area contributed by atoms with Gasteiger partial charge in [-0.3, -0.25) is 0 Å². The Labute approximate surface area is 108 Å². The summed E-state index contributed by atoms with van der Waals surface area (Å²) in [5.41, 5.74) is 0.978. The van der Waals surface area contributed by atoms with Crippen LogP contribution in [0.15, 0.2) is 30.9 Å². The molecular formula is C11H9Cl3O2. The van der Waals surface area contributed by atoms with E-state index in [0.717, 1.165) is 0 Å². The molecule has 1 rings (SSSR count). The molecule has 16 heavy (non-hydrogen) atoms. The molecule has 0 atom stereocenters. The molecule has 0 aliphatic heterocycles. The highest BCUT2D eigenvalue weighted by molar-refractivity contribution is 6.66. The van der Waals surface area contributed by atoms with Gasteiger partial charge in [-0.25, -0.2) is 4.79 Å². The van der Waals surface area contributed by atoms with Gasteiger partial charge in [-0.15, -0.1) is 6.58 Å². The Bertz CT molecular complexity index is 422. The SMILES string of the molecule is C=CCc1c(C(=O)O)cccc1C(Cl)(Cl)Cl. The summed E-state index contributed by atoms with van der Waals surface area (Å²) in [7, 11) is 0. The molecular weight excluding hydrogens is 270 g/mol. The van der Waals surface area contributed by atoms with E-state index in [1.165, 1.54) is 6.07 Å². The molecule has 0 radical (unpaired) electrons. The second-order valence-corrected chi connectivity index (χ2v) is 5.41. The number of allylic oxidation sites excluding steroid dienone is 1. The third-order valence-corrected chi connectivity index (χ3v) is 2.67. The van der Waals surface area contributed by atoms with Crippen LogP contribution in [-0.4, -0.2) is 11.1 Å². The van der Waals surface area contributed by atoms with Crippen LogP contribution in [0.25, 0.3) is 0 Å². The van der Waals surface area contributed by atoms with E-state index in [1.54, 1.807) is 18.2 Å². The Hall–Kier alpha value is -0.700. The molecule has 2 nitrogen and oxygen atoms in total. The number of carboxylic acids is 1. The molecule has 0 amide bonds. The minimum absolute atomic E-state index is 0.128. The van der Waals surface area contributed by atoms with Crippen LogP contribution in [0, 0.1) is 0 Å². The Morgan fingerprint density at radius 3 is 2.50 bits per heavy atom. The summed E-state index contributed by atoms with van der Waals surface area (Å²) in [5, 5.41) is 9.02. The van der Waals surface area contributed by atoms with Crippen LogP contribution in [0.1, 0.15) is 21.5 Å². The van der Waals surface area contributed by atoms with Crippen LogP contribution in [0.4, 0.5) is 0 Å². The fourth-order valence-corrected chi connectivity index (χ4v) is 1.95. The van der Waals surface area contributed by atoms with Crippen molar-refractivity contribution in [3.05, 3.63) is 47.5 Å². The molecule has 0 aliphatic rings. The number of hydrogen-bond acceptors (Lipinski definition) is 1. The van der Waals surface area contributed by atoms with Gasteiger partial charge < -0.3 is 5.11 Å². The lowest BCUT2D eigenvalue weighted by Gasteiger charge is -2.17. The van der Waals surface area contributed by atoms with Crippen LogP contribution in [0.5, 0.6) is 0 Å². The smallest absolute Gasteiger partial charge is 0.335 e. The molecule has 1 N–H and O–H groups in total. The molecule has 1 aromatic carbocycles. The van der Waals surface area contributed by atoms with E-state index in [9.17, 15) is 4.79 Å². The second-order valence-electron chi connectivity index (χ2n) is 3.13. The number of hydrogen-bond donors (Lipinski definition) is 1. The lowest BCUT2D eigenvalue weighted by molar-refractivity contribution is 0.0695. The molecule has 0 bridgehead atoms. The van der Waals surface area contributed by atoms with E-state index >= 15 is 0 Å². The monoisotopic (exact) mass is 278 g/mol. The molecule has 0 aromatic heterocycles. The Morgan fingerprint density at radius 1 is 1.44 bits per heavy atom. The maximum Gasteiger partial charge on any atom is 0.335 e. The lowest BCUT2D eigenvalue weighted by Crippen LogP contribution is -2.10. The van der Waals surface area contributed by atoms with Gasteiger partial charge in [-0.1, -0.05) is 53.0 Å². The third-order valence-electron chi connectivity index (χ3n) is 2.06. The van der Waals surface area contributed by atoms with Gasteiger partial charge in [0.05, 0.1) is 5.56 Å². The lowest BCUT2D eigenvalue weighted by atomic mass is 9.99. The maximum atomic E-state index is 11.0. The maximum absolute atomic E-state index is 11.0. The van der Waals surface area contributed by atoms with Crippen molar-refractivity contribution in [1.82, 2.24) is 0 Å². The zero-order valence-corrected chi connectivity index (χ0v) is 10.5. The van der Waals surface area contributed by atoms with E-state index in [1.807, 2.05) is 0 Å². The second kappa shape index (κ2) is 5.09. The Kier molecular flexibility index (Phi) is 4.25. The highest BCUT2D eigenvalue weighted by Crippen LogP contribution is 2.41. The normalized spacial score (nSPS) is 11.2. The van der Waals surface area contributed by atoms with Crippen molar-refractivity contribution in [2.75, 3.05) is 0 Å². The Morgan fingerprint density at radius 2 is 2.06 bits per heavy atom. The van der Waals surface area contributed by atoms with Crippen molar-refractivity contribution in [2.45, 2.75) is 10.2 Å². The van der Waals surface area contributed by atoms with E-state index < -0.39 is 9.76 Å². The van der Waals surface area contributed by atoms with Gasteiger partial charge in [0.2, 0.25) is 3.79 Å². The van der Waals surface area contributed by atoms with E-state index in [4.69, 9.17) is 39.9 Å². The number of halogens is 3. The van der Waals surface area contributed by atoms with Crippen molar-refractivity contribution >= 4 is 40.8 Å². The molecule has 1 aromatic rings. The van der Waals surface area contributed by atoms with Gasteiger partial charge >= 0.3 is 5.97 Å². The van der Waals surface area contributed by atoms with Crippen molar-refractivity contribution in [3.8, 4) is 0 Å². The quantitative estimate of drug-likeness (QED) is 0.672. The third kappa shape index (κ3) is 2.91. The summed E-state index contributed by atoms with van der Waals surface area (Å²) in [6.07, 6.45) is 1.91. The highest BCUT2D eigenvalue weighted by Gasteiger charge is 2.27. The number of benzene rings is 1. The van der Waals surface area contributed by atoms with Crippen molar-refractivity contribution in [1.29, 1.82) is 0 Å². The van der Waals surface area contributed by atoms with Gasteiger partial charge in [0.1, 0.15) is 0 Å². The first-order valence-electron chi connectivity index (χ1n) is 4.41. The first-order chi connectivity index (χ1) is 7.38. The first kappa shape index (κ1) is 13.4. The minimum Gasteiger partial charge on any atom is -0.478 e. The van der Waals surface area contributed by atoms with Crippen LogP contribution in [0.3, 0.4) is 0 Å². The summed E-state index contributed by atoms with van der Waals surface area (Å²) >= 11 is 17.3. The molecule has 86 valence electrons. The van der Waals surface area contributed by atoms with Crippen molar-refractivity contribution in [2.24, 2.45) is 0 Å². The van der Waals surface area contributed by atoms with Gasteiger partial charge in [-0.2, -0.15) is 0 Å². The zero-order chi connectivity index (χ0) is 12.3. The number of carbonyl (C=O) groups is 1. The summed E-state index contributed by atoms with van der Waals surface area (Å²) in [6, 6.07) is 4.62. The molecule has 0 heterocycles. The van der Waals surface area contributed by atoms with Crippen LogP contribution in [-0.2, 0) is 10.2 Å².